The fourth-order valence-corrected chi connectivity index (χ4v) is 1.76. The predicted molar refractivity (Wildman–Crippen MR) is 68.1 cm³/mol. The second-order valence-corrected chi connectivity index (χ2v) is 4.45. The lowest BCUT2D eigenvalue weighted by Crippen LogP contribution is -2.41. The van der Waals surface area contributed by atoms with Crippen molar-refractivity contribution in [2.75, 3.05) is 5.73 Å². The fraction of sp³-hybridized carbons (Fsp3) is 0.300. The molecule has 1 aromatic rings. The molecular formula is C10H9ClF2N6O2. The number of nitrogen functional groups attached to an aromatic ring is 1. The zero-order valence-corrected chi connectivity index (χ0v) is 11.3. The molecule has 0 spiro atoms. The molecule has 0 radical (unpaired) electrons. The van der Waals surface area contributed by atoms with Crippen molar-refractivity contribution >= 4 is 23.2 Å². The summed E-state index contributed by atoms with van der Waals surface area (Å²) < 4.78 is 28.5. The second-order valence-electron chi connectivity index (χ2n) is 4.07. The van der Waals surface area contributed by atoms with Gasteiger partial charge in [-0.25, -0.2) is 0 Å². The first-order chi connectivity index (χ1) is 9.82. The van der Waals surface area contributed by atoms with E-state index in [0.717, 1.165) is 6.07 Å². The van der Waals surface area contributed by atoms with E-state index in [0.29, 0.717) is 0 Å². The van der Waals surface area contributed by atoms with Gasteiger partial charge in [-0.2, -0.15) is 8.78 Å². The Morgan fingerprint density at radius 1 is 1.43 bits per heavy atom. The van der Waals surface area contributed by atoms with Crippen LogP contribution in [0, 0.1) is 0 Å². The summed E-state index contributed by atoms with van der Waals surface area (Å²) in [5.74, 6) is -2.33. The number of hydrogen-bond acceptors (Lipinski definition) is 7. The van der Waals surface area contributed by atoms with E-state index in [1.54, 1.807) is 0 Å². The largest absolute Gasteiger partial charge is 0.433 e. The van der Waals surface area contributed by atoms with E-state index >= 15 is 0 Å². The number of carbonyl (C=O) groups excluding carboxylic acids is 1. The number of hydrogen-bond donors (Lipinski definition) is 2. The molecule has 1 amide bonds. The topological polar surface area (TPSA) is 114 Å². The fourth-order valence-electron chi connectivity index (χ4n) is 1.52. The zero-order chi connectivity index (χ0) is 15.6. The number of nitrogens with two attached hydrogens (primary N) is 1. The molecule has 1 aromatic carbocycles. The van der Waals surface area contributed by atoms with E-state index < -0.39 is 18.3 Å². The summed E-state index contributed by atoms with van der Waals surface area (Å²) in [7, 11) is 0. The van der Waals surface area contributed by atoms with Crippen molar-refractivity contribution in [3.63, 3.8) is 0 Å². The number of rotatable bonds is 4. The summed E-state index contributed by atoms with van der Waals surface area (Å²) in [5, 5.41) is 16.0. The second kappa shape index (κ2) is 5.56. The Hall–Kier alpha value is -2.36. The first-order valence-corrected chi connectivity index (χ1v) is 5.89. The minimum absolute atomic E-state index is 0.0469. The van der Waals surface area contributed by atoms with E-state index in [-0.39, 0.29) is 22.0 Å². The summed E-state index contributed by atoms with van der Waals surface area (Å²) in [6.45, 7) is -1.60. The van der Waals surface area contributed by atoms with Crippen LogP contribution in [0.4, 0.5) is 14.5 Å². The maximum Gasteiger partial charge on any atom is 0.387 e. The van der Waals surface area contributed by atoms with Gasteiger partial charge in [-0.1, -0.05) is 11.6 Å². The third kappa shape index (κ3) is 3.21. The molecule has 1 heterocycles. The third-order valence-corrected chi connectivity index (χ3v) is 2.88. The monoisotopic (exact) mass is 318 g/mol. The molecule has 0 unspecified atom stereocenters. The standard InChI is InChI=1S/C10H9ClF2N6O2/c1-10(16-18-19-17-10)15-8(20)4-2-3-5(21-9(12)13)7(14)6(4)11/h2-3,9H,14H2,1H3,(H,15,20). The van der Waals surface area contributed by atoms with Crippen LogP contribution < -0.4 is 15.8 Å². The van der Waals surface area contributed by atoms with Crippen molar-refractivity contribution in [3.05, 3.63) is 22.7 Å². The molecule has 1 aliphatic rings. The van der Waals surface area contributed by atoms with Gasteiger partial charge < -0.3 is 15.8 Å². The van der Waals surface area contributed by atoms with E-state index in [1.807, 2.05) is 0 Å². The molecule has 0 atom stereocenters. The van der Waals surface area contributed by atoms with E-state index in [4.69, 9.17) is 17.3 Å². The molecule has 112 valence electrons. The molecule has 0 saturated heterocycles. The SMILES string of the molecule is CC1(NC(=O)c2ccc(OC(F)F)c(N)c2Cl)N=NN=N1. The van der Waals surface area contributed by atoms with Crippen molar-refractivity contribution in [2.24, 2.45) is 20.7 Å². The first kappa shape index (κ1) is 15.0. The Kier molecular flexibility index (Phi) is 3.98. The molecular weight excluding hydrogens is 310 g/mol. The number of amides is 1. The van der Waals surface area contributed by atoms with Gasteiger partial charge in [-0.15, -0.1) is 10.2 Å². The highest BCUT2D eigenvalue weighted by atomic mass is 35.5. The molecule has 0 saturated carbocycles. The molecule has 21 heavy (non-hydrogen) atoms. The number of nitrogens with one attached hydrogen (secondary N) is 1. The van der Waals surface area contributed by atoms with Crippen LogP contribution in [0.2, 0.25) is 5.02 Å². The van der Waals surface area contributed by atoms with Crippen LogP contribution in [0.3, 0.4) is 0 Å². The lowest BCUT2D eigenvalue weighted by atomic mass is 10.1. The van der Waals surface area contributed by atoms with Crippen LogP contribution in [0.25, 0.3) is 0 Å². The molecule has 0 bridgehead atoms. The van der Waals surface area contributed by atoms with Crippen LogP contribution in [0.15, 0.2) is 32.8 Å². The van der Waals surface area contributed by atoms with Crippen LogP contribution in [0.1, 0.15) is 17.3 Å². The number of ether oxygens (including phenoxy) is 1. The quantitative estimate of drug-likeness (QED) is 0.832. The van der Waals surface area contributed by atoms with Gasteiger partial charge in [-0.05, 0) is 22.6 Å². The number of anilines is 1. The number of halogens is 3. The van der Waals surface area contributed by atoms with Gasteiger partial charge in [0.25, 0.3) is 11.7 Å². The van der Waals surface area contributed by atoms with E-state index in [9.17, 15) is 13.6 Å². The molecule has 1 aliphatic heterocycles. The highest BCUT2D eigenvalue weighted by Gasteiger charge is 2.30. The van der Waals surface area contributed by atoms with Crippen molar-refractivity contribution in [2.45, 2.75) is 19.3 Å². The maximum atomic E-state index is 12.2. The first-order valence-electron chi connectivity index (χ1n) is 5.52. The van der Waals surface area contributed by atoms with Crippen molar-refractivity contribution in [3.8, 4) is 5.75 Å². The normalized spacial score (nSPS) is 15.5. The summed E-state index contributed by atoms with van der Waals surface area (Å²) in [5.41, 5.74) is 5.24. The minimum atomic E-state index is -3.05. The molecule has 11 heteroatoms. The van der Waals surface area contributed by atoms with Crippen molar-refractivity contribution in [1.82, 2.24) is 5.32 Å². The molecule has 0 aromatic heterocycles. The van der Waals surface area contributed by atoms with Crippen molar-refractivity contribution in [1.29, 1.82) is 0 Å². The number of nitrogens with zero attached hydrogens (tertiary/aromatic N) is 4. The summed E-state index contributed by atoms with van der Waals surface area (Å²) in [4.78, 5) is 12.1. The summed E-state index contributed by atoms with van der Waals surface area (Å²) >= 11 is 5.89. The van der Waals surface area contributed by atoms with Gasteiger partial charge in [0.15, 0.2) is 5.75 Å². The zero-order valence-electron chi connectivity index (χ0n) is 10.5. The van der Waals surface area contributed by atoms with Gasteiger partial charge in [-0.3, -0.25) is 4.79 Å². The Balaban J connectivity index is 2.24. The average molecular weight is 319 g/mol. The molecule has 0 aliphatic carbocycles. The van der Waals surface area contributed by atoms with Crippen LogP contribution >= 0.6 is 11.6 Å². The molecule has 2 rings (SSSR count). The number of benzene rings is 1. The minimum Gasteiger partial charge on any atom is -0.433 e. The van der Waals surface area contributed by atoms with Gasteiger partial charge in [0.05, 0.1) is 16.3 Å². The number of alkyl halides is 2. The van der Waals surface area contributed by atoms with Gasteiger partial charge in [0.1, 0.15) is 0 Å². The Labute approximate surface area is 122 Å². The number of carbonyl (C=O) groups is 1. The smallest absolute Gasteiger partial charge is 0.387 e. The maximum absolute atomic E-state index is 12.2. The van der Waals surface area contributed by atoms with Crippen molar-refractivity contribution < 1.29 is 18.3 Å². The highest BCUT2D eigenvalue weighted by Crippen LogP contribution is 2.33. The lowest BCUT2D eigenvalue weighted by Gasteiger charge is -2.17. The van der Waals surface area contributed by atoms with E-state index in [1.165, 1.54) is 13.0 Å². The Morgan fingerprint density at radius 2 is 2.05 bits per heavy atom. The van der Waals surface area contributed by atoms with Crippen LogP contribution in [-0.4, -0.2) is 18.3 Å². The predicted octanol–water partition coefficient (Wildman–Crippen LogP) is 2.76. The Bertz CT molecular complexity index is 624. The van der Waals surface area contributed by atoms with Gasteiger partial charge >= 0.3 is 6.61 Å². The Morgan fingerprint density at radius 3 is 2.62 bits per heavy atom. The van der Waals surface area contributed by atoms with Crippen LogP contribution in [0.5, 0.6) is 5.75 Å². The summed E-state index contributed by atoms with van der Waals surface area (Å²) in [6, 6.07) is 2.31. The summed E-state index contributed by atoms with van der Waals surface area (Å²) in [6.07, 6.45) is 0. The molecule has 3 N–H and O–H groups in total. The molecule has 8 nitrogen and oxygen atoms in total. The highest BCUT2D eigenvalue weighted by molar-refractivity contribution is 6.36. The molecule has 0 fully saturated rings. The van der Waals surface area contributed by atoms with Gasteiger partial charge in [0.2, 0.25) is 0 Å². The third-order valence-electron chi connectivity index (χ3n) is 2.47. The van der Waals surface area contributed by atoms with Crippen LogP contribution in [-0.2, 0) is 0 Å². The average Bonchev–Trinajstić information content (AvgIpc) is 2.81. The van der Waals surface area contributed by atoms with Gasteiger partial charge in [0, 0.05) is 6.92 Å². The van der Waals surface area contributed by atoms with E-state index in [2.05, 4.69) is 30.7 Å². The lowest BCUT2D eigenvalue weighted by molar-refractivity contribution is -0.0493.